The Morgan fingerprint density at radius 2 is 1.81 bits per heavy atom. The van der Waals surface area contributed by atoms with Gasteiger partial charge >= 0.3 is 0 Å². The van der Waals surface area contributed by atoms with Gasteiger partial charge in [0.2, 0.25) is 0 Å². The van der Waals surface area contributed by atoms with E-state index in [2.05, 4.69) is 30.9 Å². The highest BCUT2D eigenvalue weighted by Crippen LogP contribution is 2.44. The summed E-state index contributed by atoms with van der Waals surface area (Å²) in [4.78, 5) is 2.66. The Labute approximate surface area is 194 Å². The minimum absolute atomic E-state index is 0.273. The molecule has 0 N–H and O–H groups in total. The summed E-state index contributed by atoms with van der Waals surface area (Å²) in [5.41, 5.74) is 1.68. The molecule has 1 saturated heterocycles. The standard InChI is InChI=1S/C27H44FNO3/c1-19(2)14-21-18-29-12-10-20-15-25(30-5)26(31-6)16-22(20)23(29)17-24(21)32-13-9-7-8-11-27(3,4)28/h15-16,19,21,23-24H,7-14,17-18H2,1-6H3/t21-,23-,24-/m1/s1/i28-1. The number of unbranched alkanes of at least 4 members (excludes halogenated alkanes) is 2. The van der Waals surface area contributed by atoms with E-state index in [4.69, 9.17) is 14.2 Å². The second-order valence-corrected chi connectivity index (χ2v) is 10.7. The molecule has 32 heavy (non-hydrogen) atoms. The van der Waals surface area contributed by atoms with Crippen LogP contribution in [0.1, 0.15) is 83.4 Å². The Morgan fingerprint density at radius 1 is 1.09 bits per heavy atom. The lowest BCUT2D eigenvalue weighted by Crippen LogP contribution is -2.49. The molecule has 1 fully saturated rings. The SMILES string of the molecule is COc1cc2c(cc1OC)[C@H]1C[C@@H](OCCCCCC(C)(C)[18F])[C@H](CC(C)C)CN1CC2. The number of ether oxygens (including phenoxy) is 3. The fourth-order valence-electron chi connectivity index (χ4n) is 5.50. The summed E-state index contributed by atoms with van der Waals surface area (Å²) < 4.78 is 31.4. The Balaban J connectivity index is 1.67. The molecule has 5 heteroatoms. The Morgan fingerprint density at radius 3 is 2.47 bits per heavy atom. The summed E-state index contributed by atoms with van der Waals surface area (Å²) in [6, 6.07) is 4.72. The highest BCUT2D eigenvalue weighted by atomic mass is 18.2. The number of alkyl halides is 1. The molecule has 3 rings (SSSR count). The lowest BCUT2D eigenvalue weighted by atomic mass is 9.79. The molecule has 1 aromatic rings. The second-order valence-electron chi connectivity index (χ2n) is 10.7. The summed E-state index contributed by atoms with van der Waals surface area (Å²) in [5.74, 6) is 2.86. The summed E-state index contributed by atoms with van der Waals surface area (Å²) in [6.07, 6.45) is 7.15. The van der Waals surface area contributed by atoms with Gasteiger partial charge in [-0.25, -0.2) is 4.39 Å². The number of rotatable bonds is 11. The van der Waals surface area contributed by atoms with Crippen molar-refractivity contribution in [2.45, 2.75) is 90.5 Å². The maximum Gasteiger partial charge on any atom is 0.161 e. The minimum Gasteiger partial charge on any atom is -0.493 e. The number of benzene rings is 1. The number of fused-ring (bicyclic) bond motifs is 3. The first-order valence-corrected chi connectivity index (χ1v) is 12.5. The van der Waals surface area contributed by atoms with E-state index in [0.29, 0.717) is 24.3 Å². The minimum atomic E-state index is -1.06. The average molecular weight is 449 g/mol. The number of hydrogen-bond donors (Lipinski definition) is 0. The first-order chi connectivity index (χ1) is 15.2. The van der Waals surface area contributed by atoms with Crippen LogP contribution in [-0.2, 0) is 11.2 Å². The van der Waals surface area contributed by atoms with Crippen molar-refractivity contribution in [1.82, 2.24) is 4.90 Å². The quantitative estimate of drug-likeness (QED) is 0.368. The topological polar surface area (TPSA) is 30.9 Å². The van der Waals surface area contributed by atoms with Crippen LogP contribution in [0, 0.1) is 11.8 Å². The molecule has 1 aromatic carbocycles. The van der Waals surface area contributed by atoms with Gasteiger partial charge in [-0.2, -0.15) is 0 Å². The summed E-state index contributed by atoms with van der Waals surface area (Å²) >= 11 is 0. The molecule has 0 radical (unpaired) electrons. The summed E-state index contributed by atoms with van der Waals surface area (Å²) in [5, 5.41) is 0. The van der Waals surface area contributed by atoms with Gasteiger partial charge in [0.25, 0.3) is 0 Å². The van der Waals surface area contributed by atoms with E-state index in [9.17, 15) is 4.39 Å². The number of hydrogen-bond acceptors (Lipinski definition) is 4. The number of halogens is 1. The molecular formula is C27H44FNO3. The molecule has 0 unspecified atom stereocenters. The fraction of sp³-hybridized carbons (Fsp3) is 0.778. The molecule has 3 atom stereocenters. The van der Waals surface area contributed by atoms with E-state index in [-0.39, 0.29) is 6.10 Å². The van der Waals surface area contributed by atoms with Crippen LogP contribution in [0.4, 0.5) is 4.39 Å². The summed E-state index contributed by atoms with van der Waals surface area (Å²) in [7, 11) is 3.41. The van der Waals surface area contributed by atoms with Crippen LogP contribution in [0.3, 0.4) is 0 Å². The molecule has 2 aliphatic heterocycles. The largest absolute Gasteiger partial charge is 0.493 e. The van der Waals surface area contributed by atoms with E-state index >= 15 is 0 Å². The molecule has 4 nitrogen and oxygen atoms in total. The zero-order valence-corrected chi connectivity index (χ0v) is 21.1. The van der Waals surface area contributed by atoms with Crippen molar-refractivity contribution in [3.8, 4) is 11.5 Å². The maximum atomic E-state index is 13.7. The molecule has 0 aliphatic carbocycles. The Kier molecular flexibility index (Phi) is 8.85. The molecule has 0 saturated carbocycles. The Bertz CT molecular complexity index is 730. The first kappa shape index (κ1) is 25.3. The number of methoxy groups -OCH3 is 2. The van der Waals surface area contributed by atoms with E-state index in [0.717, 1.165) is 63.3 Å². The van der Waals surface area contributed by atoms with Crippen molar-refractivity contribution in [3.05, 3.63) is 23.3 Å². The molecule has 182 valence electrons. The fourth-order valence-corrected chi connectivity index (χ4v) is 5.50. The Hall–Kier alpha value is -1.33. The van der Waals surface area contributed by atoms with E-state index in [1.54, 1.807) is 28.1 Å². The third-order valence-electron chi connectivity index (χ3n) is 7.09. The maximum absolute atomic E-state index is 13.7. The van der Waals surface area contributed by atoms with Gasteiger partial charge in [0.05, 0.1) is 20.3 Å². The smallest absolute Gasteiger partial charge is 0.161 e. The lowest BCUT2D eigenvalue weighted by Gasteiger charge is -2.47. The van der Waals surface area contributed by atoms with Crippen LogP contribution in [0.15, 0.2) is 12.1 Å². The highest BCUT2D eigenvalue weighted by molar-refractivity contribution is 5.49. The van der Waals surface area contributed by atoms with Crippen LogP contribution in [0.2, 0.25) is 0 Å². The van der Waals surface area contributed by atoms with Crippen molar-refractivity contribution >= 4 is 0 Å². The van der Waals surface area contributed by atoms with Gasteiger partial charge < -0.3 is 14.2 Å². The number of piperidine rings is 1. The van der Waals surface area contributed by atoms with E-state index in [1.165, 1.54) is 17.5 Å². The molecule has 0 spiro atoms. The molecular weight excluding hydrogens is 404 g/mol. The molecule has 0 bridgehead atoms. The van der Waals surface area contributed by atoms with Crippen LogP contribution in [0.5, 0.6) is 11.5 Å². The predicted molar refractivity (Wildman–Crippen MR) is 129 cm³/mol. The lowest BCUT2D eigenvalue weighted by molar-refractivity contribution is -0.0648. The van der Waals surface area contributed by atoms with Crippen LogP contribution < -0.4 is 9.47 Å². The third-order valence-corrected chi connectivity index (χ3v) is 7.09. The molecule has 0 aromatic heterocycles. The van der Waals surface area contributed by atoms with Crippen molar-refractivity contribution in [3.63, 3.8) is 0 Å². The zero-order chi connectivity index (χ0) is 23.3. The predicted octanol–water partition coefficient (Wildman–Crippen LogP) is 6.36. The van der Waals surface area contributed by atoms with Crippen molar-refractivity contribution in [2.24, 2.45) is 11.8 Å². The third kappa shape index (κ3) is 6.60. The monoisotopic (exact) mass is 448 g/mol. The van der Waals surface area contributed by atoms with Crippen LogP contribution in [0.25, 0.3) is 0 Å². The van der Waals surface area contributed by atoms with Crippen molar-refractivity contribution < 1.29 is 18.6 Å². The van der Waals surface area contributed by atoms with Gasteiger partial charge in [0, 0.05) is 25.7 Å². The van der Waals surface area contributed by atoms with Crippen molar-refractivity contribution in [1.29, 1.82) is 0 Å². The van der Waals surface area contributed by atoms with Gasteiger partial charge in [-0.05, 0) is 81.0 Å². The second kappa shape index (κ2) is 11.2. The van der Waals surface area contributed by atoms with E-state index in [1.807, 2.05) is 0 Å². The van der Waals surface area contributed by atoms with Crippen LogP contribution >= 0.6 is 0 Å². The first-order valence-electron chi connectivity index (χ1n) is 12.5. The van der Waals surface area contributed by atoms with Crippen LogP contribution in [-0.4, -0.2) is 50.6 Å². The van der Waals surface area contributed by atoms with Gasteiger partial charge in [-0.3, -0.25) is 4.90 Å². The van der Waals surface area contributed by atoms with E-state index < -0.39 is 5.67 Å². The van der Waals surface area contributed by atoms with Crippen molar-refractivity contribution in [2.75, 3.05) is 33.9 Å². The van der Waals surface area contributed by atoms with Gasteiger partial charge in [0.15, 0.2) is 11.5 Å². The normalized spacial score (nSPS) is 23.7. The molecule has 2 heterocycles. The average Bonchev–Trinajstić information content (AvgIpc) is 2.74. The molecule has 0 amide bonds. The number of nitrogens with zero attached hydrogens (tertiary/aromatic N) is 1. The van der Waals surface area contributed by atoms with Gasteiger partial charge in [-0.15, -0.1) is 0 Å². The van der Waals surface area contributed by atoms with Gasteiger partial charge in [0.1, 0.15) is 5.67 Å². The molecule has 2 aliphatic rings. The van der Waals surface area contributed by atoms with Gasteiger partial charge in [-0.1, -0.05) is 26.7 Å². The highest BCUT2D eigenvalue weighted by Gasteiger charge is 2.40. The summed E-state index contributed by atoms with van der Waals surface area (Å²) in [6.45, 7) is 10.9. The zero-order valence-electron chi connectivity index (χ0n) is 21.1.